The summed E-state index contributed by atoms with van der Waals surface area (Å²) in [6, 6.07) is 5.95. The Morgan fingerprint density at radius 3 is 2.65 bits per heavy atom. The summed E-state index contributed by atoms with van der Waals surface area (Å²) in [5, 5.41) is 9.25. The Bertz CT molecular complexity index is 438. The van der Waals surface area contributed by atoms with Gasteiger partial charge in [-0.3, -0.25) is 4.90 Å². The number of methoxy groups -OCH3 is 2. The molecule has 2 rings (SSSR count). The van der Waals surface area contributed by atoms with Crippen LogP contribution in [0.1, 0.15) is 12.5 Å². The van der Waals surface area contributed by atoms with Crippen molar-refractivity contribution in [1.29, 1.82) is 0 Å². The number of hydrogen-bond donors (Lipinski definition) is 1. The first-order chi connectivity index (χ1) is 9.66. The molecule has 5 nitrogen and oxygen atoms in total. The van der Waals surface area contributed by atoms with E-state index in [1.165, 1.54) is 0 Å². The van der Waals surface area contributed by atoms with E-state index in [-0.39, 0.29) is 18.8 Å². The summed E-state index contributed by atoms with van der Waals surface area (Å²) < 4.78 is 16.2. The third kappa shape index (κ3) is 3.62. The summed E-state index contributed by atoms with van der Waals surface area (Å²) in [4.78, 5) is 2.29. The van der Waals surface area contributed by atoms with E-state index in [1.807, 2.05) is 25.1 Å². The van der Waals surface area contributed by atoms with Crippen molar-refractivity contribution in [2.45, 2.75) is 25.7 Å². The SMILES string of the molecule is COc1ccc(CN2CC(C)OC(CO)C2)cc1OC. The Kier molecular flexibility index (Phi) is 5.23. The summed E-state index contributed by atoms with van der Waals surface area (Å²) in [5.74, 6) is 1.48. The zero-order chi connectivity index (χ0) is 14.5. The van der Waals surface area contributed by atoms with Crippen molar-refractivity contribution in [2.24, 2.45) is 0 Å². The average molecular weight is 281 g/mol. The molecule has 0 aliphatic carbocycles. The smallest absolute Gasteiger partial charge is 0.161 e. The van der Waals surface area contributed by atoms with Crippen LogP contribution in [0, 0.1) is 0 Å². The van der Waals surface area contributed by atoms with E-state index in [2.05, 4.69) is 4.90 Å². The lowest BCUT2D eigenvalue weighted by molar-refractivity contribution is -0.0972. The van der Waals surface area contributed by atoms with Gasteiger partial charge in [-0.2, -0.15) is 0 Å². The highest BCUT2D eigenvalue weighted by atomic mass is 16.5. The molecule has 1 aliphatic heterocycles. The molecule has 5 heteroatoms. The Labute approximate surface area is 120 Å². The van der Waals surface area contributed by atoms with E-state index in [0.717, 1.165) is 36.7 Å². The molecule has 0 spiro atoms. The van der Waals surface area contributed by atoms with Crippen molar-refractivity contribution in [3.8, 4) is 11.5 Å². The summed E-state index contributed by atoms with van der Waals surface area (Å²) in [6.45, 7) is 4.51. The minimum Gasteiger partial charge on any atom is -0.493 e. The van der Waals surface area contributed by atoms with Crippen LogP contribution in [-0.4, -0.2) is 56.1 Å². The van der Waals surface area contributed by atoms with Gasteiger partial charge >= 0.3 is 0 Å². The van der Waals surface area contributed by atoms with E-state index in [0.29, 0.717) is 0 Å². The van der Waals surface area contributed by atoms with Gasteiger partial charge in [0.2, 0.25) is 0 Å². The van der Waals surface area contributed by atoms with E-state index < -0.39 is 0 Å². The molecule has 20 heavy (non-hydrogen) atoms. The fraction of sp³-hybridized carbons (Fsp3) is 0.600. The highest BCUT2D eigenvalue weighted by molar-refractivity contribution is 5.42. The number of aliphatic hydroxyl groups is 1. The quantitative estimate of drug-likeness (QED) is 0.881. The van der Waals surface area contributed by atoms with Gasteiger partial charge in [0.05, 0.1) is 33.0 Å². The van der Waals surface area contributed by atoms with E-state index >= 15 is 0 Å². The van der Waals surface area contributed by atoms with Crippen LogP contribution < -0.4 is 9.47 Å². The molecule has 0 saturated carbocycles. The number of ether oxygens (including phenoxy) is 3. The largest absolute Gasteiger partial charge is 0.493 e. The number of nitrogens with zero attached hydrogens (tertiary/aromatic N) is 1. The molecule has 1 fully saturated rings. The van der Waals surface area contributed by atoms with Crippen molar-refractivity contribution in [3.05, 3.63) is 23.8 Å². The summed E-state index contributed by atoms with van der Waals surface area (Å²) >= 11 is 0. The standard InChI is InChI=1S/C15H23NO4/c1-11-7-16(9-13(10-17)20-11)8-12-4-5-14(18-2)15(6-12)19-3/h4-6,11,13,17H,7-10H2,1-3H3. The normalized spacial score (nSPS) is 23.6. The highest BCUT2D eigenvalue weighted by Gasteiger charge is 2.24. The second-order valence-electron chi connectivity index (χ2n) is 5.13. The number of morpholine rings is 1. The van der Waals surface area contributed by atoms with Gasteiger partial charge in [0.1, 0.15) is 0 Å². The van der Waals surface area contributed by atoms with Crippen LogP contribution in [0.2, 0.25) is 0 Å². The first-order valence-corrected chi connectivity index (χ1v) is 6.85. The van der Waals surface area contributed by atoms with E-state index in [4.69, 9.17) is 14.2 Å². The molecule has 1 saturated heterocycles. The zero-order valence-electron chi connectivity index (χ0n) is 12.3. The molecule has 1 aliphatic rings. The fourth-order valence-corrected chi connectivity index (χ4v) is 2.61. The topological polar surface area (TPSA) is 51.2 Å². The second kappa shape index (κ2) is 6.92. The van der Waals surface area contributed by atoms with Gasteiger partial charge in [-0.1, -0.05) is 6.07 Å². The molecule has 0 aromatic heterocycles. The predicted octanol–water partition coefficient (Wildman–Crippen LogP) is 1.29. The highest BCUT2D eigenvalue weighted by Crippen LogP contribution is 2.28. The van der Waals surface area contributed by atoms with Crippen molar-refractivity contribution in [1.82, 2.24) is 4.90 Å². The van der Waals surface area contributed by atoms with Crippen LogP contribution >= 0.6 is 0 Å². The zero-order valence-corrected chi connectivity index (χ0v) is 12.3. The number of rotatable bonds is 5. The fourth-order valence-electron chi connectivity index (χ4n) is 2.61. The van der Waals surface area contributed by atoms with Gasteiger partial charge in [0.15, 0.2) is 11.5 Å². The number of hydrogen-bond acceptors (Lipinski definition) is 5. The third-order valence-electron chi connectivity index (χ3n) is 3.46. The molecule has 0 radical (unpaired) electrons. The minimum absolute atomic E-state index is 0.0623. The van der Waals surface area contributed by atoms with Crippen LogP contribution in [0.4, 0.5) is 0 Å². The lowest BCUT2D eigenvalue weighted by Gasteiger charge is -2.36. The van der Waals surface area contributed by atoms with Crippen LogP contribution in [0.15, 0.2) is 18.2 Å². The van der Waals surface area contributed by atoms with Crippen LogP contribution in [0.25, 0.3) is 0 Å². The van der Waals surface area contributed by atoms with Crippen LogP contribution in [-0.2, 0) is 11.3 Å². The predicted molar refractivity (Wildman–Crippen MR) is 76.2 cm³/mol. The van der Waals surface area contributed by atoms with Gasteiger partial charge in [0, 0.05) is 19.6 Å². The Morgan fingerprint density at radius 2 is 2.00 bits per heavy atom. The van der Waals surface area contributed by atoms with Gasteiger partial charge in [-0.25, -0.2) is 0 Å². The lowest BCUT2D eigenvalue weighted by Crippen LogP contribution is -2.47. The molecular weight excluding hydrogens is 258 g/mol. The van der Waals surface area contributed by atoms with Crippen molar-refractivity contribution >= 4 is 0 Å². The van der Waals surface area contributed by atoms with Crippen LogP contribution in [0.5, 0.6) is 11.5 Å². The average Bonchev–Trinajstić information content (AvgIpc) is 2.46. The molecule has 112 valence electrons. The Hall–Kier alpha value is -1.30. The molecule has 0 amide bonds. The molecule has 1 aromatic carbocycles. The van der Waals surface area contributed by atoms with E-state index in [9.17, 15) is 5.11 Å². The maximum absolute atomic E-state index is 9.25. The first-order valence-electron chi connectivity index (χ1n) is 6.85. The number of aliphatic hydroxyl groups excluding tert-OH is 1. The third-order valence-corrected chi connectivity index (χ3v) is 3.46. The lowest BCUT2D eigenvalue weighted by atomic mass is 10.1. The minimum atomic E-state index is -0.0982. The van der Waals surface area contributed by atoms with Crippen molar-refractivity contribution in [3.63, 3.8) is 0 Å². The molecule has 1 heterocycles. The Balaban J connectivity index is 2.05. The summed E-state index contributed by atoms with van der Waals surface area (Å²) in [7, 11) is 3.27. The van der Waals surface area contributed by atoms with Gasteiger partial charge < -0.3 is 19.3 Å². The number of benzene rings is 1. The molecular formula is C15H23NO4. The van der Waals surface area contributed by atoms with Crippen molar-refractivity contribution < 1.29 is 19.3 Å². The molecule has 1 N–H and O–H groups in total. The summed E-state index contributed by atoms with van der Waals surface area (Å²) in [6.07, 6.45) is 0.0416. The Morgan fingerprint density at radius 1 is 1.25 bits per heavy atom. The molecule has 0 bridgehead atoms. The maximum atomic E-state index is 9.25. The van der Waals surface area contributed by atoms with Crippen molar-refractivity contribution in [2.75, 3.05) is 33.9 Å². The maximum Gasteiger partial charge on any atom is 0.161 e. The first kappa shape index (κ1) is 15.1. The van der Waals surface area contributed by atoms with Crippen LogP contribution in [0.3, 0.4) is 0 Å². The van der Waals surface area contributed by atoms with Gasteiger partial charge in [0.25, 0.3) is 0 Å². The molecule has 1 aromatic rings. The molecule has 2 unspecified atom stereocenters. The van der Waals surface area contributed by atoms with Gasteiger partial charge in [-0.15, -0.1) is 0 Å². The summed E-state index contributed by atoms with van der Waals surface area (Å²) in [5.41, 5.74) is 1.16. The van der Waals surface area contributed by atoms with E-state index in [1.54, 1.807) is 14.2 Å². The van der Waals surface area contributed by atoms with Gasteiger partial charge in [-0.05, 0) is 24.6 Å². The monoisotopic (exact) mass is 281 g/mol. The molecule has 2 atom stereocenters. The second-order valence-corrected chi connectivity index (χ2v) is 5.13.